The van der Waals surface area contributed by atoms with E-state index in [-0.39, 0.29) is 0 Å². The van der Waals surface area contributed by atoms with Gasteiger partial charge in [-0.2, -0.15) is 0 Å². The molecule has 0 aliphatic heterocycles. The van der Waals surface area contributed by atoms with E-state index in [9.17, 15) is 9.90 Å². The third-order valence-corrected chi connectivity index (χ3v) is 4.13. The molecule has 15 heavy (non-hydrogen) atoms. The van der Waals surface area contributed by atoms with E-state index in [4.69, 9.17) is 0 Å². The summed E-state index contributed by atoms with van der Waals surface area (Å²) in [5.74, 6) is -0.845. The summed E-state index contributed by atoms with van der Waals surface area (Å²) in [6, 6.07) is 5.81. The maximum absolute atomic E-state index is 11.2. The number of carboxylic acids is 1. The predicted molar refractivity (Wildman–Crippen MR) is 64.2 cm³/mol. The molecular formula is C11H6O2S2. The molecule has 0 amide bonds. The summed E-state index contributed by atoms with van der Waals surface area (Å²) in [7, 11) is 0. The van der Waals surface area contributed by atoms with Gasteiger partial charge in [-0.1, -0.05) is 0 Å². The molecule has 0 fully saturated rings. The summed E-state index contributed by atoms with van der Waals surface area (Å²) < 4.78 is 2.09. The number of thiophene rings is 2. The summed E-state index contributed by atoms with van der Waals surface area (Å²) in [6.07, 6.45) is 0. The lowest BCUT2D eigenvalue weighted by Gasteiger charge is -1.99. The highest BCUT2D eigenvalue weighted by Gasteiger charge is 2.14. The van der Waals surface area contributed by atoms with Gasteiger partial charge in [0.25, 0.3) is 0 Å². The van der Waals surface area contributed by atoms with Gasteiger partial charge in [-0.05, 0) is 29.0 Å². The Hall–Kier alpha value is -1.39. The second kappa shape index (κ2) is 3.05. The van der Waals surface area contributed by atoms with Gasteiger partial charge in [-0.25, -0.2) is 4.79 Å². The third kappa shape index (κ3) is 1.19. The van der Waals surface area contributed by atoms with Crippen molar-refractivity contribution in [3.05, 3.63) is 34.5 Å². The molecule has 3 aromatic rings. The quantitative estimate of drug-likeness (QED) is 0.695. The lowest BCUT2D eigenvalue weighted by atomic mass is 10.1. The smallest absolute Gasteiger partial charge is 0.337 e. The molecule has 74 valence electrons. The van der Waals surface area contributed by atoms with Crippen molar-refractivity contribution in [1.29, 1.82) is 0 Å². The van der Waals surface area contributed by atoms with Crippen LogP contribution in [0.4, 0.5) is 0 Å². The Morgan fingerprint density at radius 3 is 2.07 bits per heavy atom. The van der Waals surface area contributed by atoms with Gasteiger partial charge >= 0.3 is 5.97 Å². The Morgan fingerprint density at radius 1 is 1.07 bits per heavy atom. The van der Waals surface area contributed by atoms with Crippen LogP contribution in [0.3, 0.4) is 0 Å². The van der Waals surface area contributed by atoms with E-state index in [2.05, 4.69) is 6.07 Å². The maximum Gasteiger partial charge on any atom is 0.337 e. The summed E-state index contributed by atoms with van der Waals surface area (Å²) in [6.45, 7) is 0. The Kier molecular flexibility index (Phi) is 1.81. The minimum Gasteiger partial charge on any atom is -0.478 e. The average Bonchev–Trinajstić information content (AvgIpc) is 2.79. The van der Waals surface area contributed by atoms with E-state index >= 15 is 0 Å². The number of benzene rings is 1. The summed E-state index contributed by atoms with van der Waals surface area (Å²) >= 11 is 3.16. The van der Waals surface area contributed by atoms with Gasteiger partial charge in [0.15, 0.2) is 0 Å². The molecule has 2 nitrogen and oxygen atoms in total. The number of hydrogen-bond donors (Lipinski definition) is 1. The molecule has 3 rings (SSSR count). The Labute approximate surface area is 93.4 Å². The third-order valence-electron chi connectivity index (χ3n) is 2.41. The molecule has 4 heteroatoms. The molecule has 0 spiro atoms. The van der Waals surface area contributed by atoms with Crippen molar-refractivity contribution >= 4 is 48.8 Å². The van der Waals surface area contributed by atoms with E-state index in [1.807, 2.05) is 22.9 Å². The van der Waals surface area contributed by atoms with Crippen LogP contribution in [0, 0.1) is 0 Å². The van der Waals surface area contributed by atoms with Crippen LogP contribution >= 0.6 is 22.7 Å². The van der Waals surface area contributed by atoms with Crippen LogP contribution in [0.2, 0.25) is 0 Å². The first kappa shape index (κ1) is 8.88. The molecule has 0 atom stereocenters. The normalized spacial score (nSPS) is 11.2. The number of rotatable bonds is 1. The van der Waals surface area contributed by atoms with Crippen LogP contribution in [0.25, 0.3) is 20.2 Å². The van der Waals surface area contributed by atoms with Gasteiger partial charge in [0.05, 0.1) is 5.56 Å². The lowest BCUT2D eigenvalue weighted by molar-refractivity contribution is 0.0701. The molecule has 2 heterocycles. The fraction of sp³-hybridized carbons (Fsp3) is 0. The lowest BCUT2D eigenvalue weighted by Crippen LogP contribution is -1.96. The van der Waals surface area contributed by atoms with Crippen molar-refractivity contribution < 1.29 is 9.90 Å². The predicted octanol–water partition coefficient (Wildman–Crippen LogP) is 3.81. The first-order valence-corrected chi connectivity index (χ1v) is 6.14. The van der Waals surface area contributed by atoms with Gasteiger partial charge in [0.2, 0.25) is 0 Å². The monoisotopic (exact) mass is 234 g/mol. The van der Waals surface area contributed by atoms with Crippen LogP contribution < -0.4 is 0 Å². The Bertz CT molecular complexity index is 615. The number of carbonyl (C=O) groups is 1. The molecule has 0 aliphatic rings. The zero-order valence-electron chi connectivity index (χ0n) is 7.56. The highest BCUT2D eigenvalue weighted by molar-refractivity contribution is 7.19. The van der Waals surface area contributed by atoms with Crippen LogP contribution in [0.1, 0.15) is 10.4 Å². The number of hydrogen-bond acceptors (Lipinski definition) is 3. The van der Waals surface area contributed by atoms with Crippen LogP contribution in [0.5, 0.6) is 0 Å². The first-order chi connectivity index (χ1) is 7.27. The van der Waals surface area contributed by atoms with Gasteiger partial charge in [-0.3, -0.25) is 0 Å². The second-order valence-corrected chi connectivity index (χ2v) is 5.12. The van der Waals surface area contributed by atoms with Crippen LogP contribution in [0.15, 0.2) is 29.0 Å². The van der Waals surface area contributed by atoms with E-state index in [1.54, 1.807) is 22.7 Å². The van der Waals surface area contributed by atoms with Crippen LogP contribution in [-0.4, -0.2) is 11.1 Å². The van der Waals surface area contributed by atoms with Crippen molar-refractivity contribution in [2.24, 2.45) is 0 Å². The maximum atomic E-state index is 11.2. The fourth-order valence-corrected chi connectivity index (χ4v) is 3.52. The van der Waals surface area contributed by atoms with E-state index < -0.39 is 5.97 Å². The van der Waals surface area contributed by atoms with Crippen molar-refractivity contribution in [2.45, 2.75) is 0 Å². The second-order valence-electron chi connectivity index (χ2n) is 3.22. The number of carboxylic acid groups (broad SMARTS) is 1. The van der Waals surface area contributed by atoms with Gasteiger partial charge in [0, 0.05) is 20.2 Å². The van der Waals surface area contributed by atoms with E-state index in [1.165, 1.54) is 0 Å². The van der Waals surface area contributed by atoms with Crippen molar-refractivity contribution in [3.8, 4) is 0 Å². The molecule has 0 saturated heterocycles. The molecule has 0 bridgehead atoms. The summed E-state index contributed by atoms with van der Waals surface area (Å²) in [5, 5.41) is 14.8. The highest BCUT2D eigenvalue weighted by Crippen LogP contribution is 2.34. The summed E-state index contributed by atoms with van der Waals surface area (Å²) in [5.41, 5.74) is 0.435. The zero-order chi connectivity index (χ0) is 10.4. The van der Waals surface area contributed by atoms with Gasteiger partial charge in [-0.15, -0.1) is 22.7 Å². The first-order valence-electron chi connectivity index (χ1n) is 4.38. The summed E-state index contributed by atoms with van der Waals surface area (Å²) in [4.78, 5) is 11.2. The Balaban J connectivity index is 2.62. The van der Waals surface area contributed by atoms with E-state index in [0.29, 0.717) is 5.56 Å². The minimum atomic E-state index is -0.845. The van der Waals surface area contributed by atoms with E-state index in [0.717, 1.165) is 20.2 Å². The largest absolute Gasteiger partial charge is 0.478 e. The van der Waals surface area contributed by atoms with Crippen LogP contribution in [-0.2, 0) is 0 Å². The topological polar surface area (TPSA) is 37.3 Å². The standard InChI is InChI=1S/C11H6O2S2/c12-11(13)10-6-1-3-14-8(6)5-9-7(10)2-4-15-9/h1-5H,(H,12,13). The SMILES string of the molecule is O=C(O)c1c2ccsc2cc2sccc12. The average molecular weight is 234 g/mol. The Morgan fingerprint density at radius 2 is 1.60 bits per heavy atom. The minimum absolute atomic E-state index is 0.435. The highest BCUT2D eigenvalue weighted by atomic mass is 32.1. The molecule has 0 aliphatic carbocycles. The number of fused-ring (bicyclic) bond motifs is 2. The molecule has 1 aromatic carbocycles. The van der Waals surface area contributed by atoms with Gasteiger partial charge in [0.1, 0.15) is 0 Å². The fourth-order valence-electron chi connectivity index (χ4n) is 1.77. The van der Waals surface area contributed by atoms with Crippen molar-refractivity contribution in [1.82, 2.24) is 0 Å². The molecule has 0 radical (unpaired) electrons. The molecule has 0 unspecified atom stereocenters. The number of aromatic carboxylic acids is 1. The molecule has 2 aromatic heterocycles. The van der Waals surface area contributed by atoms with Crippen molar-refractivity contribution in [2.75, 3.05) is 0 Å². The molecule has 1 N–H and O–H groups in total. The molecule has 0 saturated carbocycles. The zero-order valence-corrected chi connectivity index (χ0v) is 9.19. The van der Waals surface area contributed by atoms with Crippen molar-refractivity contribution in [3.63, 3.8) is 0 Å². The molecular weight excluding hydrogens is 228 g/mol. The van der Waals surface area contributed by atoms with Gasteiger partial charge < -0.3 is 5.11 Å².